The second-order valence-corrected chi connectivity index (χ2v) is 4.25. The van der Waals surface area contributed by atoms with Crippen molar-refractivity contribution in [2.75, 3.05) is 0 Å². The number of carbonyl (C=O) groups is 1. The summed E-state index contributed by atoms with van der Waals surface area (Å²) < 4.78 is 1.33. The monoisotopic (exact) mass is 473 g/mol. The number of aryl methyl sites for hydroxylation is 2. The molecule has 0 aliphatic rings. The Hall–Kier alpha value is -1.14. The van der Waals surface area contributed by atoms with Gasteiger partial charge in [-0.05, 0) is 12.6 Å². The van der Waals surface area contributed by atoms with E-state index in [-0.39, 0.29) is 56.6 Å². The number of tetrazole rings is 1. The molecule has 3 aromatic rings. The van der Waals surface area contributed by atoms with Crippen LogP contribution < -0.4 is 29.6 Å². The van der Waals surface area contributed by atoms with E-state index in [2.05, 4.69) is 31.9 Å². The van der Waals surface area contributed by atoms with Crippen molar-refractivity contribution in [2.45, 2.75) is 6.92 Å². The molecule has 0 atom stereocenters. The molecular formula is C13H10N6NaOW-. The first-order valence-corrected chi connectivity index (χ1v) is 5.91. The Morgan fingerprint density at radius 1 is 1.41 bits per heavy atom. The van der Waals surface area contributed by atoms with Gasteiger partial charge in [-0.3, -0.25) is 10.1 Å². The van der Waals surface area contributed by atoms with Gasteiger partial charge in [0, 0.05) is 27.3 Å². The molecule has 0 unspecified atom stereocenters. The number of benzene rings is 1. The SMILES string of the molecule is Cc1c(C(=O)[N-]c2nnnn2C)c[c-]c2ncccc12.[Na+].[W]. The van der Waals surface area contributed by atoms with E-state index in [9.17, 15) is 4.79 Å². The molecule has 0 bridgehead atoms. The second kappa shape index (κ2) is 7.92. The topological polar surface area (TPSA) is 87.7 Å². The molecule has 2 heterocycles. The number of amides is 1. The van der Waals surface area contributed by atoms with E-state index in [1.54, 1.807) is 19.3 Å². The molecule has 0 N–H and O–H groups in total. The van der Waals surface area contributed by atoms with Crippen molar-refractivity contribution in [1.82, 2.24) is 25.2 Å². The number of pyridine rings is 1. The van der Waals surface area contributed by atoms with Crippen molar-refractivity contribution in [3.8, 4) is 0 Å². The van der Waals surface area contributed by atoms with Gasteiger partial charge in [0.1, 0.15) is 0 Å². The van der Waals surface area contributed by atoms with E-state index >= 15 is 0 Å². The van der Waals surface area contributed by atoms with Crippen LogP contribution in [0, 0.1) is 13.0 Å². The van der Waals surface area contributed by atoms with Crippen molar-refractivity contribution in [2.24, 2.45) is 7.05 Å². The summed E-state index contributed by atoms with van der Waals surface area (Å²) in [6, 6.07) is 8.30. The predicted molar refractivity (Wildman–Crippen MR) is 71.5 cm³/mol. The van der Waals surface area contributed by atoms with E-state index < -0.39 is 5.91 Å². The number of nitrogens with zero attached hydrogens (tertiary/aromatic N) is 6. The fourth-order valence-corrected chi connectivity index (χ4v) is 1.91. The molecule has 0 fully saturated rings. The van der Waals surface area contributed by atoms with E-state index in [1.165, 1.54) is 4.68 Å². The first-order chi connectivity index (χ1) is 9.66. The number of rotatable bonds is 2. The van der Waals surface area contributed by atoms with E-state index in [4.69, 9.17) is 0 Å². The zero-order valence-corrected chi connectivity index (χ0v) is 17.2. The van der Waals surface area contributed by atoms with Gasteiger partial charge in [0.05, 0.1) is 5.95 Å². The quantitative estimate of drug-likeness (QED) is 0.342. The van der Waals surface area contributed by atoms with E-state index in [0.717, 1.165) is 16.5 Å². The fraction of sp³-hybridized carbons (Fsp3) is 0.154. The first-order valence-electron chi connectivity index (χ1n) is 5.91. The molecule has 1 amide bonds. The number of hydrogen-bond donors (Lipinski definition) is 0. The minimum Gasteiger partial charge on any atom is -0.331 e. The first kappa shape index (κ1) is 18.9. The molecule has 0 spiro atoms. The van der Waals surface area contributed by atoms with Gasteiger partial charge in [0.25, 0.3) is 0 Å². The van der Waals surface area contributed by atoms with Crippen molar-refractivity contribution in [1.29, 1.82) is 0 Å². The summed E-state index contributed by atoms with van der Waals surface area (Å²) >= 11 is 0. The zero-order chi connectivity index (χ0) is 14.1. The maximum atomic E-state index is 12.2. The summed E-state index contributed by atoms with van der Waals surface area (Å²) in [5, 5.41) is 15.5. The Morgan fingerprint density at radius 3 is 2.86 bits per heavy atom. The van der Waals surface area contributed by atoms with E-state index in [1.807, 2.05) is 19.1 Å². The molecule has 0 saturated heterocycles. The number of hydrogen-bond acceptors (Lipinski definition) is 5. The average Bonchev–Trinajstić information content (AvgIpc) is 2.85. The summed E-state index contributed by atoms with van der Waals surface area (Å²) in [5.41, 5.74) is 2.01. The third-order valence-corrected chi connectivity index (χ3v) is 3.00. The van der Waals surface area contributed by atoms with Gasteiger partial charge in [-0.2, -0.15) is 12.1 Å². The van der Waals surface area contributed by atoms with Gasteiger partial charge < -0.3 is 14.8 Å². The molecule has 1 aromatic carbocycles. The number of aromatic nitrogens is 5. The molecule has 0 saturated carbocycles. The van der Waals surface area contributed by atoms with Crippen LogP contribution in [0.2, 0.25) is 0 Å². The average molecular weight is 473 g/mol. The maximum Gasteiger partial charge on any atom is 1.00 e. The van der Waals surface area contributed by atoms with Gasteiger partial charge in [-0.15, -0.1) is 27.4 Å². The molecule has 7 nitrogen and oxygen atoms in total. The fourth-order valence-electron chi connectivity index (χ4n) is 1.91. The van der Waals surface area contributed by atoms with Gasteiger partial charge in [0.2, 0.25) is 0 Å². The second-order valence-electron chi connectivity index (χ2n) is 4.25. The van der Waals surface area contributed by atoms with Gasteiger partial charge in [-0.25, -0.2) is 0 Å². The van der Waals surface area contributed by atoms with Crippen LogP contribution in [0.1, 0.15) is 15.9 Å². The van der Waals surface area contributed by atoms with Crippen molar-refractivity contribution < 1.29 is 55.4 Å². The van der Waals surface area contributed by atoms with Gasteiger partial charge in [0.15, 0.2) is 5.91 Å². The molecule has 0 radical (unpaired) electrons. The standard InChI is InChI=1S/C13H11N6O.Na.W/c1-8-9-4-3-7-14-11(9)6-5-10(8)12(20)15-13-16-17-18-19(13)2;;/h3-5,7H,1-2H3,(H,15,16,18,20);;/q-1;+1;/p-1. The van der Waals surface area contributed by atoms with Crippen LogP contribution in [-0.2, 0) is 28.1 Å². The van der Waals surface area contributed by atoms with Crippen molar-refractivity contribution in [3.63, 3.8) is 0 Å². The summed E-state index contributed by atoms with van der Waals surface area (Å²) in [6.07, 6.45) is 1.69. The summed E-state index contributed by atoms with van der Waals surface area (Å²) in [4.78, 5) is 16.4. The van der Waals surface area contributed by atoms with Crippen LogP contribution in [0.5, 0.6) is 0 Å². The predicted octanol–water partition coefficient (Wildman–Crippen LogP) is -1.29. The summed E-state index contributed by atoms with van der Waals surface area (Å²) in [6.45, 7) is 1.86. The summed E-state index contributed by atoms with van der Waals surface area (Å²) in [7, 11) is 1.62. The van der Waals surface area contributed by atoms with Crippen LogP contribution in [0.4, 0.5) is 5.95 Å². The van der Waals surface area contributed by atoms with Gasteiger partial charge >= 0.3 is 29.6 Å². The number of carbonyl (C=O) groups excluding carboxylic acids is 1. The van der Waals surface area contributed by atoms with Crippen LogP contribution >= 0.6 is 0 Å². The van der Waals surface area contributed by atoms with Crippen LogP contribution in [-0.4, -0.2) is 31.1 Å². The largest absolute Gasteiger partial charge is 1.00 e. The Bertz CT molecular complexity index is 806. The smallest absolute Gasteiger partial charge is 0.331 e. The van der Waals surface area contributed by atoms with Crippen LogP contribution in [0.3, 0.4) is 0 Å². The minimum absolute atomic E-state index is 0. The molecular weight excluding hydrogens is 463 g/mol. The third kappa shape index (κ3) is 3.60. The van der Waals surface area contributed by atoms with Crippen molar-refractivity contribution in [3.05, 3.63) is 46.9 Å². The summed E-state index contributed by atoms with van der Waals surface area (Å²) in [5.74, 6) is -0.233. The molecule has 106 valence electrons. The Kier molecular flexibility index (Phi) is 6.81. The maximum absolute atomic E-state index is 12.2. The molecule has 0 aliphatic carbocycles. The number of fused-ring (bicyclic) bond motifs is 1. The third-order valence-electron chi connectivity index (χ3n) is 3.00. The molecule has 9 heteroatoms. The molecule has 3 rings (SSSR count). The minimum atomic E-state index is -0.401. The van der Waals surface area contributed by atoms with Crippen LogP contribution in [0.25, 0.3) is 16.2 Å². The van der Waals surface area contributed by atoms with Gasteiger partial charge in [-0.1, -0.05) is 18.6 Å². The zero-order valence-electron chi connectivity index (χ0n) is 12.3. The van der Waals surface area contributed by atoms with E-state index in [0.29, 0.717) is 5.56 Å². The van der Waals surface area contributed by atoms with Crippen molar-refractivity contribution >= 4 is 22.8 Å². The molecule has 0 aliphatic heterocycles. The molecule has 22 heavy (non-hydrogen) atoms. The Morgan fingerprint density at radius 2 is 2.18 bits per heavy atom. The normalized spacial score (nSPS) is 9.73. The Labute approximate surface area is 163 Å². The Balaban J connectivity index is 0.00000121. The molecule has 2 aromatic heterocycles. The van der Waals surface area contributed by atoms with Crippen LogP contribution in [0.15, 0.2) is 24.4 Å².